The van der Waals surface area contributed by atoms with E-state index in [-0.39, 0.29) is 18.4 Å². The van der Waals surface area contributed by atoms with Gasteiger partial charge in [-0.3, -0.25) is 9.59 Å². The Morgan fingerprint density at radius 3 is 2.62 bits per heavy atom. The first-order valence-electron chi connectivity index (χ1n) is 10.1. The Hall–Kier alpha value is -3.16. The summed E-state index contributed by atoms with van der Waals surface area (Å²) < 4.78 is 1.77. The van der Waals surface area contributed by atoms with Gasteiger partial charge in [0, 0.05) is 18.1 Å². The van der Waals surface area contributed by atoms with Gasteiger partial charge in [-0.1, -0.05) is 35.9 Å². The van der Waals surface area contributed by atoms with Crippen LogP contribution in [0.15, 0.2) is 48.5 Å². The number of para-hydroxylation sites is 1. The van der Waals surface area contributed by atoms with Crippen LogP contribution in [0, 0.1) is 20.8 Å². The standard InChI is InChI=1S/C24H23ClN4O2S/c1-14-8-7-10-19(15(14)2)26-22(30)13-28(4)23(31)21-12-17-16(3)27-29(24(17)32-21)20-11-6-5-9-18(20)25/h5-12H,13H2,1-4H3,(H,26,30). The maximum Gasteiger partial charge on any atom is 0.264 e. The summed E-state index contributed by atoms with van der Waals surface area (Å²) in [6, 6.07) is 15.0. The van der Waals surface area contributed by atoms with Gasteiger partial charge < -0.3 is 10.2 Å². The van der Waals surface area contributed by atoms with E-state index >= 15 is 0 Å². The van der Waals surface area contributed by atoms with Crippen LogP contribution in [0.5, 0.6) is 0 Å². The smallest absolute Gasteiger partial charge is 0.264 e. The number of rotatable bonds is 5. The molecule has 8 heteroatoms. The summed E-state index contributed by atoms with van der Waals surface area (Å²) in [6.07, 6.45) is 0. The van der Waals surface area contributed by atoms with E-state index in [1.807, 2.05) is 69.3 Å². The number of hydrogen-bond donors (Lipinski definition) is 1. The average Bonchev–Trinajstić information content (AvgIpc) is 3.32. The topological polar surface area (TPSA) is 67.2 Å². The van der Waals surface area contributed by atoms with Crippen molar-refractivity contribution in [2.75, 3.05) is 18.9 Å². The maximum atomic E-state index is 13.0. The Morgan fingerprint density at radius 2 is 1.88 bits per heavy atom. The number of benzene rings is 2. The number of aryl methyl sites for hydroxylation is 2. The molecule has 2 heterocycles. The molecule has 4 rings (SSSR count). The third kappa shape index (κ3) is 4.13. The molecule has 32 heavy (non-hydrogen) atoms. The van der Waals surface area contributed by atoms with Crippen molar-refractivity contribution in [3.63, 3.8) is 0 Å². The fourth-order valence-corrected chi connectivity index (χ4v) is 4.88. The maximum absolute atomic E-state index is 13.0. The normalized spacial score (nSPS) is 11.0. The summed E-state index contributed by atoms with van der Waals surface area (Å²) in [4.78, 5) is 28.4. The lowest BCUT2D eigenvalue weighted by Gasteiger charge is -2.17. The largest absolute Gasteiger partial charge is 0.332 e. The Morgan fingerprint density at radius 1 is 1.12 bits per heavy atom. The SMILES string of the molecule is Cc1cccc(NC(=O)CN(C)C(=O)c2cc3c(C)nn(-c4ccccc4Cl)c3s2)c1C. The minimum absolute atomic E-state index is 0.0456. The fraction of sp³-hybridized carbons (Fsp3) is 0.208. The number of anilines is 1. The lowest BCUT2D eigenvalue weighted by atomic mass is 10.1. The average molecular weight is 467 g/mol. The van der Waals surface area contributed by atoms with Crippen LogP contribution in [0.3, 0.4) is 0 Å². The monoisotopic (exact) mass is 466 g/mol. The molecule has 1 N–H and O–H groups in total. The second-order valence-corrected chi connectivity index (χ2v) is 9.17. The van der Waals surface area contributed by atoms with Crippen LogP contribution in [-0.4, -0.2) is 40.1 Å². The van der Waals surface area contributed by atoms with E-state index < -0.39 is 0 Å². The molecule has 2 amide bonds. The lowest BCUT2D eigenvalue weighted by Crippen LogP contribution is -2.34. The highest BCUT2D eigenvalue weighted by molar-refractivity contribution is 7.20. The summed E-state index contributed by atoms with van der Waals surface area (Å²) in [6.45, 7) is 5.81. The summed E-state index contributed by atoms with van der Waals surface area (Å²) >= 11 is 7.70. The van der Waals surface area contributed by atoms with Crippen molar-refractivity contribution in [1.29, 1.82) is 0 Å². The first-order chi connectivity index (χ1) is 15.3. The van der Waals surface area contributed by atoms with Gasteiger partial charge in [-0.15, -0.1) is 11.3 Å². The van der Waals surface area contributed by atoms with Gasteiger partial charge in [0.05, 0.1) is 27.8 Å². The van der Waals surface area contributed by atoms with Crippen molar-refractivity contribution in [3.8, 4) is 5.69 Å². The molecule has 6 nitrogen and oxygen atoms in total. The molecular weight excluding hydrogens is 444 g/mol. The van der Waals surface area contributed by atoms with Gasteiger partial charge in [-0.25, -0.2) is 4.68 Å². The Bertz CT molecular complexity index is 1340. The molecule has 0 unspecified atom stereocenters. The zero-order valence-electron chi connectivity index (χ0n) is 18.3. The molecule has 0 aliphatic carbocycles. The molecule has 0 fully saturated rings. The second-order valence-electron chi connectivity index (χ2n) is 7.73. The van der Waals surface area contributed by atoms with Crippen molar-refractivity contribution in [3.05, 3.63) is 75.3 Å². The molecular formula is C24H23ClN4O2S. The van der Waals surface area contributed by atoms with E-state index in [0.717, 1.165) is 38.4 Å². The Balaban J connectivity index is 1.54. The van der Waals surface area contributed by atoms with Gasteiger partial charge in [0.1, 0.15) is 4.83 Å². The van der Waals surface area contributed by atoms with E-state index in [0.29, 0.717) is 9.90 Å². The summed E-state index contributed by atoms with van der Waals surface area (Å²) in [5.41, 5.74) is 4.44. The molecule has 2 aromatic heterocycles. The molecule has 0 aliphatic heterocycles. The number of carbonyl (C=O) groups excluding carboxylic acids is 2. The number of halogens is 1. The van der Waals surface area contributed by atoms with Gasteiger partial charge in [-0.2, -0.15) is 5.10 Å². The molecule has 2 aromatic carbocycles. The third-order valence-electron chi connectivity index (χ3n) is 5.44. The molecule has 0 saturated heterocycles. The minimum atomic E-state index is -0.242. The van der Waals surface area contributed by atoms with Crippen molar-refractivity contribution in [1.82, 2.24) is 14.7 Å². The fourth-order valence-electron chi connectivity index (χ4n) is 3.49. The van der Waals surface area contributed by atoms with Crippen LogP contribution in [0.2, 0.25) is 5.02 Å². The summed E-state index contributed by atoms with van der Waals surface area (Å²) in [7, 11) is 1.63. The van der Waals surface area contributed by atoms with Gasteiger partial charge >= 0.3 is 0 Å². The number of likely N-dealkylation sites (N-methyl/N-ethyl adjacent to an activating group) is 1. The molecule has 164 valence electrons. The van der Waals surface area contributed by atoms with E-state index in [9.17, 15) is 9.59 Å². The molecule has 4 aromatic rings. The zero-order chi connectivity index (χ0) is 23.0. The van der Waals surface area contributed by atoms with Crippen LogP contribution in [0.4, 0.5) is 5.69 Å². The quantitative estimate of drug-likeness (QED) is 0.429. The van der Waals surface area contributed by atoms with E-state index in [4.69, 9.17) is 11.6 Å². The predicted molar refractivity (Wildman–Crippen MR) is 130 cm³/mol. The van der Waals surface area contributed by atoms with Crippen LogP contribution in [-0.2, 0) is 4.79 Å². The zero-order valence-corrected chi connectivity index (χ0v) is 19.8. The number of fused-ring (bicyclic) bond motifs is 1. The van der Waals surface area contributed by atoms with Crippen molar-refractivity contribution in [2.24, 2.45) is 0 Å². The molecule has 0 aliphatic rings. The third-order valence-corrected chi connectivity index (χ3v) is 6.86. The summed E-state index contributed by atoms with van der Waals surface area (Å²) in [5.74, 6) is -0.457. The number of carbonyl (C=O) groups is 2. The molecule has 0 atom stereocenters. The van der Waals surface area contributed by atoms with Gasteiger partial charge in [-0.05, 0) is 56.2 Å². The predicted octanol–water partition coefficient (Wildman–Crippen LogP) is 5.38. The Kier molecular flexibility index (Phi) is 6.04. The molecule has 0 spiro atoms. The van der Waals surface area contributed by atoms with Crippen LogP contribution in [0.1, 0.15) is 26.5 Å². The first-order valence-corrected chi connectivity index (χ1v) is 11.3. The highest BCUT2D eigenvalue weighted by Crippen LogP contribution is 2.32. The van der Waals surface area contributed by atoms with Crippen LogP contribution in [0.25, 0.3) is 15.9 Å². The van der Waals surface area contributed by atoms with Crippen molar-refractivity contribution < 1.29 is 9.59 Å². The Labute approximate surface area is 195 Å². The van der Waals surface area contributed by atoms with E-state index in [1.165, 1.54) is 16.2 Å². The number of aromatic nitrogens is 2. The van der Waals surface area contributed by atoms with Crippen molar-refractivity contribution in [2.45, 2.75) is 20.8 Å². The van der Waals surface area contributed by atoms with E-state index in [1.54, 1.807) is 11.7 Å². The number of nitrogens with zero attached hydrogens (tertiary/aromatic N) is 3. The first kappa shape index (κ1) is 22.0. The number of nitrogens with one attached hydrogen (secondary N) is 1. The lowest BCUT2D eigenvalue weighted by molar-refractivity contribution is -0.116. The second kappa shape index (κ2) is 8.76. The number of amides is 2. The van der Waals surface area contributed by atoms with Crippen LogP contribution < -0.4 is 5.32 Å². The van der Waals surface area contributed by atoms with Crippen LogP contribution >= 0.6 is 22.9 Å². The van der Waals surface area contributed by atoms with Gasteiger partial charge in [0.2, 0.25) is 5.91 Å². The number of hydrogen-bond acceptors (Lipinski definition) is 4. The van der Waals surface area contributed by atoms with Gasteiger partial charge in [0.25, 0.3) is 5.91 Å². The summed E-state index contributed by atoms with van der Waals surface area (Å²) in [5, 5.41) is 8.96. The molecule has 0 saturated carbocycles. The highest BCUT2D eigenvalue weighted by atomic mass is 35.5. The molecule has 0 bridgehead atoms. The van der Waals surface area contributed by atoms with Crippen molar-refractivity contribution >= 4 is 50.7 Å². The minimum Gasteiger partial charge on any atom is -0.332 e. The van der Waals surface area contributed by atoms with E-state index in [2.05, 4.69) is 10.4 Å². The number of thiophene rings is 1. The van der Waals surface area contributed by atoms with Gasteiger partial charge in [0.15, 0.2) is 0 Å². The highest BCUT2D eigenvalue weighted by Gasteiger charge is 2.21. The molecule has 0 radical (unpaired) electrons.